The molecule has 0 spiro atoms. The maximum Gasteiger partial charge on any atom is 0.273 e. The first-order valence-corrected chi connectivity index (χ1v) is 10.4. The molecule has 0 saturated heterocycles. The van der Waals surface area contributed by atoms with Crippen molar-refractivity contribution >= 4 is 17.3 Å². The fourth-order valence-electron chi connectivity index (χ4n) is 4.19. The van der Waals surface area contributed by atoms with Gasteiger partial charge in [-0.3, -0.25) is 9.59 Å². The number of carbonyl (C=O) groups is 2. The van der Waals surface area contributed by atoms with Crippen molar-refractivity contribution in [3.05, 3.63) is 48.0 Å². The topological polar surface area (TPSA) is 106 Å². The van der Waals surface area contributed by atoms with E-state index in [4.69, 9.17) is 0 Å². The van der Waals surface area contributed by atoms with E-state index in [-0.39, 0.29) is 29.2 Å². The predicted octanol–water partition coefficient (Wildman–Crippen LogP) is 1.84. The molecule has 156 valence electrons. The first kappa shape index (κ1) is 18.8. The summed E-state index contributed by atoms with van der Waals surface area (Å²) in [6, 6.07) is 5.91. The molecular formula is C21H25N7O2. The summed E-state index contributed by atoms with van der Waals surface area (Å²) in [5.41, 5.74) is 1.63. The van der Waals surface area contributed by atoms with Crippen LogP contribution in [0.15, 0.2) is 36.8 Å². The predicted molar refractivity (Wildman–Crippen MR) is 109 cm³/mol. The number of hydrogen-bond acceptors (Lipinski definition) is 5. The SMILES string of the molecule is CC1(C)C(CNC(=O)c2cn(C3CC3)nn2)CC1NC(=O)c1cccn2nccc12. The Hall–Kier alpha value is -3.23. The van der Waals surface area contributed by atoms with Gasteiger partial charge in [0.25, 0.3) is 11.8 Å². The second-order valence-electron chi connectivity index (χ2n) is 8.89. The van der Waals surface area contributed by atoms with Gasteiger partial charge < -0.3 is 10.6 Å². The zero-order chi connectivity index (χ0) is 20.9. The Labute approximate surface area is 173 Å². The van der Waals surface area contributed by atoms with Crippen LogP contribution in [-0.2, 0) is 0 Å². The molecule has 2 saturated carbocycles. The maximum atomic E-state index is 12.8. The smallest absolute Gasteiger partial charge is 0.273 e. The van der Waals surface area contributed by atoms with Gasteiger partial charge in [-0.1, -0.05) is 19.1 Å². The van der Waals surface area contributed by atoms with Crippen molar-refractivity contribution in [3.8, 4) is 0 Å². The van der Waals surface area contributed by atoms with Crippen molar-refractivity contribution in [1.29, 1.82) is 0 Å². The molecule has 2 aliphatic rings. The molecule has 2 unspecified atom stereocenters. The van der Waals surface area contributed by atoms with Crippen molar-refractivity contribution in [3.63, 3.8) is 0 Å². The average molecular weight is 407 g/mol. The molecule has 2 fully saturated rings. The number of fused-ring (bicyclic) bond motifs is 1. The summed E-state index contributed by atoms with van der Waals surface area (Å²) in [4.78, 5) is 25.2. The highest BCUT2D eigenvalue weighted by molar-refractivity contribution is 6.00. The molecule has 3 heterocycles. The Morgan fingerprint density at radius 2 is 2.07 bits per heavy atom. The van der Waals surface area contributed by atoms with E-state index < -0.39 is 0 Å². The summed E-state index contributed by atoms with van der Waals surface area (Å²) >= 11 is 0. The standard InChI is InChI=1S/C21H25N7O2/c1-21(2)13(11-22-20(30)16-12-28(26-25-16)14-5-6-14)10-18(21)24-19(29)15-4-3-9-27-17(15)7-8-23-27/h3-4,7-9,12-14,18H,5-6,10-11H2,1-2H3,(H,22,30)(H,24,29). The molecule has 2 atom stereocenters. The Morgan fingerprint density at radius 3 is 2.83 bits per heavy atom. The van der Waals surface area contributed by atoms with Gasteiger partial charge in [0, 0.05) is 18.8 Å². The van der Waals surface area contributed by atoms with Crippen molar-refractivity contribution in [2.24, 2.45) is 11.3 Å². The minimum absolute atomic E-state index is 0.0471. The molecule has 0 aromatic carbocycles. The highest BCUT2D eigenvalue weighted by atomic mass is 16.2. The van der Waals surface area contributed by atoms with E-state index in [1.54, 1.807) is 21.6 Å². The highest BCUT2D eigenvalue weighted by Gasteiger charge is 2.48. The Morgan fingerprint density at radius 1 is 1.23 bits per heavy atom. The largest absolute Gasteiger partial charge is 0.350 e. The summed E-state index contributed by atoms with van der Waals surface area (Å²) in [7, 11) is 0. The van der Waals surface area contributed by atoms with Crippen molar-refractivity contribution in [1.82, 2.24) is 35.2 Å². The van der Waals surface area contributed by atoms with Gasteiger partial charge >= 0.3 is 0 Å². The van der Waals surface area contributed by atoms with Crippen LogP contribution in [-0.4, -0.2) is 49.0 Å². The van der Waals surface area contributed by atoms with Crippen molar-refractivity contribution in [2.45, 2.75) is 45.2 Å². The lowest BCUT2D eigenvalue weighted by Gasteiger charge is -2.52. The van der Waals surface area contributed by atoms with Gasteiger partial charge in [0.05, 0.1) is 29.5 Å². The minimum atomic E-state index is -0.197. The summed E-state index contributed by atoms with van der Waals surface area (Å²) < 4.78 is 3.47. The van der Waals surface area contributed by atoms with E-state index in [1.165, 1.54) is 0 Å². The summed E-state index contributed by atoms with van der Waals surface area (Å²) in [6.45, 7) is 4.80. The van der Waals surface area contributed by atoms with Crippen LogP contribution in [0, 0.1) is 11.3 Å². The van der Waals surface area contributed by atoms with Crippen LogP contribution in [0.3, 0.4) is 0 Å². The monoisotopic (exact) mass is 407 g/mol. The van der Waals surface area contributed by atoms with Crippen LogP contribution in [0.25, 0.3) is 5.52 Å². The van der Waals surface area contributed by atoms with Gasteiger partial charge in [-0.2, -0.15) is 5.10 Å². The van der Waals surface area contributed by atoms with Gasteiger partial charge in [0.1, 0.15) is 0 Å². The number of nitrogens with zero attached hydrogens (tertiary/aromatic N) is 5. The summed E-state index contributed by atoms with van der Waals surface area (Å²) in [6.07, 6.45) is 8.24. The minimum Gasteiger partial charge on any atom is -0.350 e. The highest BCUT2D eigenvalue weighted by Crippen LogP contribution is 2.46. The number of nitrogens with one attached hydrogen (secondary N) is 2. The van der Waals surface area contributed by atoms with E-state index in [9.17, 15) is 9.59 Å². The molecule has 3 aromatic rings. The zero-order valence-electron chi connectivity index (χ0n) is 17.1. The van der Waals surface area contributed by atoms with E-state index in [0.29, 0.717) is 23.8 Å². The molecule has 2 amide bonds. The quantitative estimate of drug-likeness (QED) is 0.648. The molecule has 9 heteroatoms. The fourth-order valence-corrected chi connectivity index (χ4v) is 4.19. The molecule has 5 rings (SSSR count). The van der Waals surface area contributed by atoms with Gasteiger partial charge in [0.2, 0.25) is 0 Å². The van der Waals surface area contributed by atoms with Crippen LogP contribution in [0.5, 0.6) is 0 Å². The third-order valence-corrected chi connectivity index (χ3v) is 6.63. The lowest BCUT2D eigenvalue weighted by Crippen LogP contribution is -2.60. The molecule has 3 aromatic heterocycles. The number of aromatic nitrogens is 5. The Kier molecular flexibility index (Phi) is 4.34. The van der Waals surface area contributed by atoms with Crippen LogP contribution in [0.4, 0.5) is 0 Å². The molecule has 0 bridgehead atoms. The molecule has 30 heavy (non-hydrogen) atoms. The number of rotatable bonds is 6. The molecule has 0 radical (unpaired) electrons. The first-order chi connectivity index (χ1) is 14.4. The number of carbonyl (C=O) groups excluding carboxylic acids is 2. The normalized spacial score (nSPS) is 22.5. The lowest BCUT2D eigenvalue weighted by atomic mass is 9.58. The van der Waals surface area contributed by atoms with Crippen LogP contribution in [0.1, 0.15) is 60.0 Å². The van der Waals surface area contributed by atoms with Crippen LogP contribution >= 0.6 is 0 Å². The lowest BCUT2D eigenvalue weighted by molar-refractivity contribution is 0.0150. The van der Waals surface area contributed by atoms with E-state index in [2.05, 4.69) is 39.9 Å². The number of pyridine rings is 1. The van der Waals surface area contributed by atoms with E-state index in [0.717, 1.165) is 24.8 Å². The Bertz CT molecular complexity index is 1110. The fraction of sp³-hybridized carbons (Fsp3) is 0.476. The number of hydrogen-bond donors (Lipinski definition) is 2. The average Bonchev–Trinajstić information content (AvgIpc) is 3.26. The van der Waals surface area contributed by atoms with Gasteiger partial charge in [-0.05, 0) is 48.8 Å². The molecule has 0 aliphatic heterocycles. The molecular weight excluding hydrogens is 382 g/mol. The van der Waals surface area contributed by atoms with Gasteiger partial charge in [-0.15, -0.1) is 5.10 Å². The zero-order valence-corrected chi connectivity index (χ0v) is 17.1. The number of amides is 2. The maximum absolute atomic E-state index is 12.8. The van der Waals surface area contributed by atoms with E-state index >= 15 is 0 Å². The summed E-state index contributed by atoms with van der Waals surface area (Å²) in [5, 5.41) is 18.3. The molecule has 2 N–H and O–H groups in total. The first-order valence-electron chi connectivity index (χ1n) is 10.4. The third-order valence-electron chi connectivity index (χ3n) is 6.63. The van der Waals surface area contributed by atoms with Gasteiger partial charge in [0.15, 0.2) is 5.69 Å². The Balaban J connectivity index is 1.17. The van der Waals surface area contributed by atoms with Crippen LogP contribution < -0.4 is 10.6 Å². The van der Waals surface area contributed by atoms with Crippen LogP contribution in [0.2, 0.25) is 0 Å². The van der Waals surface area contributed by atoms with Gasteiger partial charge in [-0.25, -0.2) is 9.20 Å². The summed E-state index contributed by atoms with van der Waals surface area (Å²) in [5.74, 6) is -0.0214. The van der Waals surface area contributed by atoms with E-state index in [1.807, 2.05) is 24.4 Å². The second kappa shape index (κ2) is 6.93. The van der Waals surface area contributed by atoms with Crippen molar-refractivity contribution in [2.75, 3.05) is 6.54 Å². The van der Waals surface area contributed by atoms with Crippen molar-refractivity contribution < 1.29 is 9.59 Å². The molecule has 2 aliphatic carbocycles. The second-order valence-corrected chi connectivity index (χ2v) is 8.89. The third kappa shape index (κ3) is 3.24. The molecule has 9 nitrogen and oxygen atoms in total.